The lowest BCUT2D eigenvalue weighted by Gasteiger charge is -2.11. The Morgan fingerprint density at radius 2 is 1.50 bits per heavy atom. The molecule has 0 atom stereocenters. The lowest BCUT2D eigenvalue weighted by Crippen LogP contribution is -2.22. The Morgan fingerprint density at radius 1 is 0.923 bits per heavy atom. The SMILES string of the molecule is O=C(NN=Cc1cccc(C(F)(F)F)c1O)c1ccccc1C(F)(F)F. The summed E-state index contributed by atoms with van der Waals surface area (Å²) in [4.78, 5) is 11.8. The number of phenolic OH excluding ortho intramolecular Hbond substituents is 1. The minimum atomic E-state index is -4.80. The van der Waals surface area contributed by atoms with Crippen LogP contribution in [0.2, 0.25) is 0 Å². The molecule has 0 heterocycles. The summed E-state index contributed by atoms with van der Waals surface area (Å²) in [5, 5.41) is 12.9. The molecule has 2 aromatic carbocycles. The molecule has 2 N–H and O–H groups in total. The monoisotopic (exact) mass is 376 g/mol. The molecule has 0 saturated heterocycles. The second-order valence-corrected chi connectivity index (χ2v) is 4.98. The van der Waals surface area contributed by atoms with Gasteiger partial charge in [0.15, 0.2) is 0 Å². The maximum absolute atomic E-state index is 12.8. The summed E-state index contributed by atoms with van der Waals surface area (Å²) >= 11 is 0. The standard InChI is InChI=1S/C16H10F6N2O2/c17-15(18,19)11-6-2-1-5-10(11)14(26)24-23-8-9-4-3-7-12(13(9)25)16(20,21)22/h1-8,25H,(H,24,26). The van der Waals surface area contributed by atoms with Gasteiger partial charge in [-0.25, -0.2) is 5.43 Å². The van der Waals surface area contributed by atoms with Gasteiger partial charge in [-0.3, -0.25) is 4.79 Å². The largest absolute Gasteiger partial charge is 0.507 e. The van der Waals surface area contributed by atoms with Crippen molar-refractivity contribution in [3.05, 3.63) is 64.7 Å². The first-order valence-corrected chi connectivity index (χ1v) is 6.90. The van der Waals surface area contributed by atoms with Gasteiger partial charge >= 0.3 is 12.4 Å². The molecule has 1 amide bonds. The Hall–Kier alpha value is -3.04. The zero-order valence-corrected chi connectivity index (χ0v) is 12.7. The first kappa shape index (κ1) is 19.3. The van der Waals surface area contributed by atoms with Crippen molar-refractivity contribution in [2.45, 2.75) is 12.4 Å². The van der Waals surface area contributed by atoms with Crippen molar-refractivity contribution in [1.29, 1.82) is 0 Å². The van der Waals surface area contributed by atoms with E-state index >= 15 is 0 Å². The van der Waals surface area contributed by atoms with Crippen molar-refractivity contribution >= 4 is 12.1 Å². The number of amides is 1. The van der Waals surface area contributed by atoms with Gasteiger partial charge in [-0.2, -0.15) is 31.4 Å². The summed E-state index contributed by atoms with van der Waals surface area (Å²) in [6.45, 7) is 0. The number of hydrogen-bond donors (Lipinski definition) is 2. The first-order valence-electron chi connectivity index (χ1n) is 6.90. The van der Waals surface area contributed by atoms with E-state index in [0.717, 1.165) is 24.3 Å². The van der Waals surface area contributed by atoms with Gasteiger partial charge in [0.05, 0.1) is 22.9 Å². The molecular weight excluding hydrogens is 366 g/mol. The fraction of sp³-hybridized carbons (Fsp3) is 0.125. The van der Waals surface area contributed by atoms with Crippen LogP contribution in [0, 0.1) is 0 Å². The lowest BCUT2D eigenvalue weighted by atomic mass is 10.1. The molecule has 0 aromatic heterocycles. The zero-order chi connectivity index (χ0) is 19.5. The number of phenols is 1. The van der Waals surface area contributed by atoms with Gasteiger partial charge in [-0.05, 0) is 24.3 Å². The second kappa shape index (κ2) is 7.06. The summed E-state index contributed by atoms with van der Waals surface area (Å²) in [7, 11) is 0. The molecule has 4 nitrogen and oxygen atoms in total. The predicted molar refractivity (Wildman–Crippen MR) is 79.6 cm³/mol. The van der Waals surface area contributed by atoms with Crippen molar-refractivity contribution in [1.82, 2.24) is 5.43 Å². The highest BCUT2D eigenvalue weighted by atomic mass is 19.4. The predicted octanol–water partition coefficient (Wildman–Crippen LogP) is 4.19. The molecule has 0 aliphatic heterocycles. The molecule has 2 rings (SSSR count). The van der Waals surface area contributed by atoms with E-state index in [1.54, 1.807) is 5.43 Å². The van der Waals surface area contributed by atoms with E-state index in [-0.39, 0.29) is 5.56 Å². The Balaban J connectivity index is 2.22. The molecule has 26 heavy (non-hydrogen) atoms. The van der Waals surface area contributed by atoms with Crippen molar-refractivity contribution < 1.29 is 36.2 Å². The Morgan fingerprint density at radius 3 is 2.12 bits per heavy atom. The van der Waals surface area contributed by atoms with Crippen LogP contribution in [0.15, 0.2) is 47.6 Å². The molecule has 138 valence electrons. The Labute approximate surface area is 142 Å². The number of aromatic hydroxyl groups is 1. The van der Waals surface area contributed by atoms with Crippen molar-refractivity contribution in [2.24, 2.45) is 5.10 Å². The molecule has 0 aliphatic carbocycles. The first-order chi connectivity index (χ1) is 12.0. The number of rotatable bonds is 3. The normalized spacial score (nSPS) is 12.4. The number of nitrogens with one attached hydrogen (secondary N) is 1. The molecule has 10 heteroatoms. The molecule has 0 saturated carbocycles. The molecule has 0 spiro atoms. The third-order valence-corrected chi connectivity index (χ3v) is 3.22. The fourth-order valence-electron chi connectivity index (χ4n) is 2.04. The topological polar surface area (TPSA) is 61.7 Å². The van der Waals surface area contributed by atoms with E-state index in [1.807, 2.05) is 0 Å². The van der Waals surface area contributed by atoms with Gasteiger partial charge < -0.3 is 5.11 Å². The van der Waals surface area contributed by atoms with Crippen LogP contribution in [-0.4, -0.2) is 17.2 Å². The summed E-state index contributed by atoms with van der Waals surface area (Å²) < 4.78 is 76.6. The van der Waals surface area contributed by atoms with E-state index in [9.17, 15) is 36.2 Å². The number of hydrazone groups is 1. The number of carbonyl (C=O) groups is 1. The van der Waals surface area contributed by atoms with Gasteiger partial charge in [0.25, 0.3) is 5.91 Å². The number of carbonyl (C=O) groups excluding carboxylic acids is 1. The third-order valence-electron chi connectivity index (χ3n) is 3.22. The second-order valence-electron chi connectivity index (χ2n) is 4.98. The van der Waals surface area contributed by atoms with Crippen LogP contribution in [0.3, 0.4) is 0 Å². The lowest BCUT2D eigenvalue weighted by molar-refractivity contribution is -0.139. The number of para-hydroxylation sites is 1. The smallest absolute Gasteiger partial charge is 0.419 e. The molecular formula is C16H10F6N2O2. The maximum Gasteiger partial charge on any atom is 0.419 e. The van der Waals surface area contributed by atoms with Crippen molar-refractivity contribution in [2.75, 3.05) is 0 Å². The molecule has 2 aromatic rings. The average molecular weight is 376 g/mol. The average Bonchev–Trinajstić information content (AvgIpc) is 2.54. The van der Waals surface area contributed by atoms with Crippen molar-refractivity contribution in [3.63, 3.8) is 0 Å². The fourth-order valence-corrected chi connectivity index (χ4v) is 2.04. The van der Waals surface area contributed by atoms with Gasteiger partial charge in [0, 0.05) is 5.56 Å². The molecule has 0 radical (unpaired) electrons. The van der Waals surface area contributed by atoms with Crippen LogP contribution in [0.4, 0.5) is 26.3 Å². The van der Waals surface area contributed by atoms with Gasteiger partial charge in [0.1, 0.15) is 5.75 Å². The highest BCUT2D eigenvalue weighted by Crippen LogP contribution is 2.36. The van der Waals surface area contributed by atoms with Gasteiger partial charge in [0.2, 0.25) is 0 Å². The van der Waals surface area contributed by atoms with E-state index in [1.165, 1.54) is 6.07 Å². The molecule has 0 unspecified atom stereocenters. The van der Waals surface area contributed by atoms with Gasteiger partial charge in [-0.15, -0.1) is 0 Å². The summed E-state index contributed by atoms with van der Waals surface area (Å²) in [6.07, 6.45) is -8.88. The minimum absolute atomic E-state index is 0.371. The number of benzene rings is 2. The summed E-state index contributed by atoms with van der Waals surface area (Å²) in [5.41, 5.74) is -1.79. The molecule has 0 aliphatic rings. The van der Waals surface area contributed by atoms with Crippen LogP contribution < -0.4 is 5.43 Å². The quantitative estimate of drug-likeness (QED) is 0.479. The van der Waals surface area contributed by atoms with Crippen LogP contribution >= 0.6 is 0 Å². The van der Waals surface area contributed by atoms with Crippen LogP contribution in [0.1, 0.15) is 27.0 Å². The molecule has 0 bridgehead atoms. The summed E-state index contributed by atoms with van der Waals surface area (Å²) in [5.74, 6) is -2.32. The highest BCUT2D eigenvalue weighted by Gasteiger charge is 2.35. The highest BCUT2D eigenvalue weighted by molar-refractivity contribution is 5.96. The Bertz CT molecular complexity index is 843. The third kappa shape index (κ3) is 4.32. The number of nitrogens with zero attached hydrogens (tertiary/aromatic N) is 1. The van der Waals surface area contributed by atoms with Crippen LogP contribution in [0.25, 0.3) is 0 Å². The van der Waals surface area contributed by atoms with Crippen LogP contribution in [0.5, 0.6) is 5.75 Å². The van der Waals surface area contributed by atoms with E-state index in [4.69, 9.17) is 0 Å². The number of hydrogen-bond acceptors (Lipinski definition) is 3. The summed E-state index contributed by atoms with van der Waals surface area (Å²) in [6, 6.07) is 6.68. The molecule has 0 fully saturated rings. The van der Waals surface area contributed by atoms with Crippen molar-refractivity contribution in [3.8, 4) is 5.75 Å². The zero-order valence-electron chi connectivity index (χ0n) is 12.7. The Kier molecular flexibility index (Phi) is 5.24. The maximum atomic E-state index is 12.8. The van der Waals surface area contributed by atoms with E-state index < -0.39 is 40.7 Å². The minimum Gasteiger partial charge on any atom is -0.507 e. The van der Waals surface area contributed by atoms with Crippen LogP contribution in [-0.2, 0) is 12.4 Å². The van der Waals surface area contributed by atoms with E-state index in [2.05, 4.69) is 5.10 Å². The van der Waals surface area contributed by atoms with Gasteiger partial charge in [-0.1, -0.05) is 18.2 Å². The number of halogens is 6. The van der Waals surface area contributed by atoms with E-state index in [0.29, 0.717) is 18.3 Å². The number of alkyl halides is 6.